The highest BCUT2D eigenvalue weighted by Gasteiger charge is 2.25. The van der Waals surface area contributed by atoms with E-state index in [4.69, 9.17) is 5.26 Å². The Bertz CT molecular complexity index is 635. The monoisotopic (exact) mass is 295 g/mol. The highest BCUT2D eigenvalue weighted by Crippen LogP contribution is 2.28. The number of aromatic nitrogens is 3. The molecule has 1 fully saturated rings. The number of nitrogens with zero attached hydrogens (tertiary/aromatic N) is 4. The van der Waals surface area contributed by atoms with Crippen molar-refractivity contribution in [3.05, 3.63) is 36.2 Å². The summed E-state index contributed by atoms with van der Waals surface area (Å²) in [6, 6.07) is 12.7. The van der Waals surface area contributed by atoms with Crippen LogP contribution in [0.15, 0.2) is 30.3 Å². The first-order valence-electron chi connectivity index (χ1n) is 7.86. The number of hydrogen-bond donors (Lipinski definition) is 1. The van der Waals surface area contributed by atoms with Crippen LogP contribution in [0.5, 0.6) is 0 Å². The van der Waals surface area contributed by atoms with E-state index in [1.165, 1.54) is 0 Å². The second kappa shape index (κ2) is 6.71. The second-order valence-electron chi connectivity index (χ2n) is 5.93. The van der Waals surface area contributed by atoms with Crippen molar-refractivity contribution in [2.75, 3.05) is 13.1 Å². The first-order valence-corrected chi connectivity index (χ1v) is 7.86. The van der Waals surface area contributed by atoms with Gasteiger partial charge in [-0.1, -0.05) is 30.3 Å². The maximum absolute atomic E-state index is 8.81. The fraction of sp³-hybridized carbons (Fsp3) is 0.471. The first kappa shape index (κ1) is 14.7. The second-order valence-corrected chi connectivity index (χ2v) is 5.93. The van der Waals surface area contributed by atoms with E-state index in [2.05, 4.69) is 33.1 Å². The van der Waals surface area contributed by atoms with Crippen LogP contribution in [0.25, 0.3) is 11.4 Å². The van der Waals surface area contributed by atoms with E-state index in [1.807, 2.05) is 30.3 Å². The van der Waals surface area contributed by atoms with Gasteiger partial charge in [0.25, 0.3) is 0 Å². The quantitative estimate of drug-likeness (QED) is 0.941. The van der Waals surface area contributed by atoms with Crippen LogP contribution in [-0.2, 0) is 0 Å². The molecule has 2 aromatic rings. The van der Waals surface area contributed by atoms with Gasteiger partial charge >= 0.3 is 0 Å². The molecular formula is C17H21N5. The van der Waals surface area contributed by atoms with Gasteiger partial charge in [0.2, 0.25) is 0 Å². The molecule has 0 spiro atoms. The van der Waals surface area contributed by atoms with Crippen LogP contribution < -0.4 is 0 Å². The molecule has 0 amide bonds. The predicted octanol–water partition coefficient (Wildman–Crippen LogP) is 2.95. The summed E-state index contributed by atoms with van der Waals surface area (Å²) in [6.07, 6.45) is 2.74. The average molecular weight is 295 g/mol. The Kier molecular flexibility index (Phi) is 4.50. The van der Waals surface area contributed by atoms with E-state index >= 15 is 0 Å². The van der Waals surface area contributed by atoms with Gasteiger partial charge < -0.3 is 0 Å². The highest BCUT2D eigenvalue weighted by atomic mass is 15.2. The van der Waals surface area contributed by atoms with Gasteiger partial charge in [-0.05, 0) is 32.9 Å². The third kappa shape index (κ3) is 3.18. The molecule has 1 aromatic heterocycles. The molecule has 114 valence electrons. The molecule has 0 saturated carbocycles. The maximum Gasteiger partial charge on any atom is 0.181 e. The molecule has 0 radical (unpaired) electrons. The first-order chi connectivity index (χ1) is 10.8. The molecule has 1 saturated heterocycles. The predicted molar refractivity (Wildman–Crippen MR) is 85.1 cm³/mol. The number of hydrogen-bond acceptors (Lipinski definition) is 4. The summed E-state index contributed by atoms with van der Waals surface area (Å²) in [4.78, 5) is 7.07. The smallest absolute Gasteiger partial charge is 0.181 e. The number of aromatic amines is 1. The zero-order valence-corrected chi connectivity index (χ0v) is 12.9. The van der Waals surface area contributed by atoms with Gasteiger partial charge in [0.1, 0.15) is 5.82 Å². The number of nitrogens with one attached hydrogen (secondary N) is 1. The highest BCUT2D eigenvalue weighted by molar-refractivity contribution is 5.53. The fourth-order valence-corrected chi connectivity index (χ4v) is 3.05. The van der Waals surface area contributed by atoms with Crippen LogP contribution in [0.3, 0.4) is 0 Å². The number of H-pyrrole nitrogens is 1. The van der Waals surface area contributed by atoms with E-state index in [9.17, 15) is 0 Å². The van der Waals surface area contributed by atoms with E-state index in [0.717, 1.165) is 43.1 Å². The SMILES string of the molecule is CC(CC#N)N1CCC(c2nc(-c3ccccc3)n[nH]2)CC1. The van der Waals surface area contributed by atoms with Crippen molar-refractivity contribution in [3.63, 3.8) is 0 Å². The number of piperidine rings is 1. The van der Waals surface area contributed by atoms with Crippen molar-refractivity contribution in [1.82, 2.24) is 20.1 Å². The maximum atomic E-state index is 8.81. The van der Waals surface area contributed by atoms with Crippen molar-refractivity contribution >= 4 is 0 Å². The lowest BCUT2D eigenvalue weighted by Crippen LogP contribution is -2.39. The largest absolute Gasteiger partial charge is 0.300 e. The summed E-state index contributed by atoms with van der Waals surface area (Å²) in [5.41, 5.74) is 1.05. The van der Waals surface area contributed by atoms with Gasteiger partial charge in [-0.3, -0.25) is 10.00 Å². The molecule has 22 heavy (non-hydrogen) atoms. The summed E-state index contributed by atoms with van der Waals surface area (Å²) in [6.45, 7) is 4.18. The molecule has 1 atom stereocenters. The summed E-state index contributed by atoms with van der Waals surface area (Å²) < 4.78 is 0. The van der Waals surface area contributed by atoms with Crippen LogP contribution in [0, 0.1) is 11.3 Å². The summed E-state index contributed by atoms with van der Waals surface area (Å²) in [7, 11) is 0. The molecule has 1 aromatic carbocycles. The molecule has 5 heteroatoms. The standard InChI is InChI=1S/C17H21N5/c1-13(7-10-18)22-11-8-15(9-12-22)17-19-16(20-21-17)14-5-3-2-4-6-14/h2-6,13,15H,7-9,11-12H2,1H3,(H,19,20,21). The van der Waals surface area contributed by atoms with Crippen LogP contribution in [0.1, 0.15) is 37.9 Å². The lowest BCUT2D eigenvalue weighted by molar-refractivity contribution is 0.161. The minimum Gasteiger partial charge on any atom is -0.300 e. The normalized spacial score (nSPS) is 18.0. The molecule has 1 N–H and O–H groups in total. The lowest BCUT2D eigenvalue weighted by Gasteiger charge is -2.34. The van der Waals surface area contributed by atoms with Gasteiger partial charge in [-0.15, -0.1) is 0 Å². The van der Waals surface area contributed by atoms with Crippen LogP contribution in [0.4, 0.5) is 0 Å². The van der Waals surface area contributed by atoms with Gasteiger partial charge in [0.05, 0.1) is 12.5 Å². The molecule has 1 unspecified atom stereocenters. The van der Waals surface area contributed by atoms with Crippen LogP contribution in [-0.4, -0.2) is 39.2 Å². The molecule has 3 rings (SSSR count). The lowest BCUT2D eigenvalue weighted by atomic mass is 9.95. The van der Waals surface area contributed by atoms with E-state index < -0.39 is 0 Å². The molecule has 0 bridgehead atoms. The Morgan fingerprint density at radius 2 is 2.05 bits per heavy atom. The Morgan fingerprint density at radius 3 is 2.73 bits per heavy atom. The molecule has 2 heterocycles. The van der Waals surface area contributed by atoms with Gasteiger partial charge in [0, 0.05) is 17.5 Å². The number of likely N-dealkylation sites (tertiary alicyclic amines) is 1. The Hall–Kier alpha value is -2.19. The van der Waals surface area contributed by atoms with E-state index in [-0.39, 0.29) is 0 Å². The molecule has 0 aliphatic carbocycles. The molecular weight excluding hydrogens is 274 g/mol. The van der Waals surface area contributed by atoms with Gasteiger partial charge in [-0.25, -0.2) is 4.98 Å². The van der Waals surface area contributed by atoms with Crippen LogP contribution in [0.2, 0.25) is 0 Å². The number of nitriles is 1. The number of benzene rings is 1. The minimum absolute atomic E-state index is 0.348. The third-order valence-corrected chi connectivity index (χ3v) is 4.46. The van der Waals surface area contributed by atoms with Crippen molar-refractivity contribution in [2.24, 2.45) is 0 Å². The van der Waals surface area contributed by atoms with Crippen molar-refractivity contribution in [3.8, 4) is 17.5 Å². The Morgan fingerprint density at radius 1 is 1.32 bits per heavy atom. The Balaban J connectivity index is 1.63. The van der Waals surface area contributed by atoms with Gasteiger partial charge in [-0.2, -0.15) is 10.4 Å². The zero-order valence-electron chi connectivity index (χ0n) is 12.9. The average Bonchev–Trinajstić information content (AvgIpc) is 3.06. The Labute approximate surface area is 131 Å². The van der Waals surface area contributed by atoms with Crippen molar-refractivity contribution < 1.29 is 0 Å². The summed E-state index contributed by atoms with van der Waals surface area (Å²) in [5, 5.41) is 16.3. The topological polar surface area (TPSA) is 68.6 Å². The van der Waals surface area contributed by atoms with Gasteiger partial charge in [0.15, 0.2) is 5.82 Å². The van der Waals surface area contributed by atoms with Crippen molar-refractivity contribution in [2.45, 2.75) is 38.1 Å². The van der Waals surface area contributed by atoms with Crippen molar-refractivity contribution in [1.29, 1.82) is 5.26 Å². The molecule has 1 aliphatic rings. The fourth-order valence-electron chi connectivity index (χ4n) is 3.05. The van der Waals surface area contributed by atoms with E-state index in [0.29, 0.717) is 18.4 Å². The molecule has 1 aliphatic heterocycles. The van der Waals surface area contributed by atoms with Crippen LogP contribution >= 0.6 is 0 Å². The number of rotatable bonds is 4. The summed E-state index contributed by atoms with van der Waals surface area (Å²) in [5.74, 6) is 2.21. The van der Waals surface area contributed by atoms with E-state index in [1.54, 1.807) is 0 Å². The third-order valence-electron chi connectivity index (χ3n) is 4.46. The summed E-state index contributed by atoms with van der Waals surface area (Å²) >= 11 is 0. The molecule has 5 nitrogen and oxygen atoms in total. The minimum atomic E-state index is 0.348. The zero-order chi connectivity index (χ0) is 15.4.